The molecule has 1 unspecified atom stereocenters. The first kappa shape index (κ1) is 22.0. The largest absolute Gasteiger partial charge is 0.481 e. The molecule has 5 heterocycles. The van der Waals surface area contributed by atoms with Gasteiger partial charge in [-0.05, 0) is 24.3 Å². The molecule has 0 amide bonds. The number of aromatic nitrogens is 2. The van der Waals surface area contributed by atoms with Crippen LogP contribution in [0.4, 0.5) is 0 Å². The second kappa shape index (κ2) is 8.31. The lowest BCUT2D eigenvalue weighted by Gasteiger charge is -2.15. The second-order valence-corrected chi connectivity index (χ2v) is 11.9. The minimum atomic E-state index is -3.29. The summed E-state index contributed by atoms with van der Waals surface area (Å²) in [5.74, 6) is 1.55. The molecule has 34 heavy (non-hydrogen) atoms. The summed E-state index contributed by atoms with van der Waals surface area (Å²) in [5, 5.41) is 8.26. The number of nitrogens with zero attached hydrogens (tertiary/aromatic N) is 2. The van der Waals surface area contributed by atoms with E-state index in [9.17, 15) is 8.42 Å². The van der Waals surface area contributed by atoms with E-state index in [1.165, 1.54) is 11.3 Å². The molecule has 0 radical (unpaired) electrons. The molecule has 4 aromatic rings. The zero-order valence-corrected chi connectivity index (χ0v) is 20.6. The van der Waals surface area contributed by atoms with Crippen LogP contribution in [0.5, 0.6) is 5.75 Å². The van der Waals surface area contributed by atoms with Crippen LogP contribution in [0.25, 0.3) is 21.3 Å². The first-order valence-corrected chi connectivity index (χ1v) is 13.9. The van der Waals surface area contributed by atoms with Crippen molar-refractivity contribution in [2.75, 3.05) is 12.8 Å². The highest BCUT2D eigenvalue weighted by Gasteiger charge is 2.34. The average Bonchev–Trinajstić information content (AvgIpc) is 3.51. The summed E-state index contributed by atoms with van der Waals surface area (Å²) in [7, 11) is -3.29. The van der Waals surface area contributed by atoms with Crippen molar-refractivity contribution < 1.29 is 17.7 Å². The first-order chi connectivity index (χ1) is 16.4. The molecule has 8 nitrogen and oxygen atoms in total. The number of nitrogens with one attached hydrogen (secondary N) is 2. The van der Waals surface area contributed by atoms with Gasteiger partial charge in [-0.3, -0.25) is 4.98 Å². The fraction of sp³-hybridized carbons (Fsp3) is 0.304. The quantitative estimate of drug-likeness (QED) is 0.413. The lowest BCUT2D eigenvalue weighted by atomic mass is 9.99. The van der Waals surface area contributed by atoms with E-state index in [1.807, 2.05) is 24.3 Å². The third-order valence-corrected chi connectivity index (χ3v) is 8.13. The van der Waals surface area contributed by atoms with Gasteiger partial charge in [0.1, 0.15) is 5.75 Å². The predicted octanol–water partition coefficient (Wildman–Crippen LogP) is 3.98. The highest BCUT2D eigenvalue weighted by atomic mass is 35.5. The number of ether oxygens (including phenoxy) is 1. The van der Waals surface area contributed by atoms with Crippen LogP contribution in [-0.4, -0.2) is 31.4 Å². The number of hydrogen-bond acceptors (Lipinski definition) is 8. The Bertz CT molecular complexity index is 1530. The van der Waals surface area contributed by atoms with E-state index in [-0.39, 0.29) is 12.6 Å². The van der Waals surface area contributed by atoms with Gasteiger partial charge in [0.25, 0.3) is 0 Å². The fourth-order valence-corrected chi connectivity index (χ4v) is 6.41. The number of pyridine rings is 1. The van der Waals surface area contributed by atoms with Gasteiger partial charge in [0.15, 0.2) is 11.9 Å². The number of halogens is 1. The van der Waals surface area contributed by atoms with Crippen molar-refractivity contribution in [1.29, 1.82) is 0 Å². The monoisotopic (exact) mass is 516 g/mol. The number of thiophene rings is 1. The van der Waals surface area contributed by atoms with Crippen LogP contribution in [0.3, 0.4) is 0 Å². The standard InChI is InChI=1S/C23H21ClN4O4S2/c1-34(29,30)27-10-14-9-19-23(33-14)15(2-5-26-19)16-8-13(24)6-12-7-20(31-21(12)16)22-17-11-25-4-3-18(17)28-32-22/h2,5-6,8-9,20,25,27H,3-4,7,10-11H2,1H3. The highest BCUT2D eigenvalue weighted by molar-refractivity contribution is 7.88. The topological polar surface area (TPSA) is 106 Å². The van der Waals surface area contributed by atoms with Crippen LogP contribution in [0.2, 0.25) is 5.02 Å². The third-order valence-electron chi connectivity index (χ3n) is 6.09. The van der Waals surface area contributed by atoms with Crippen LogP contribution in [-0.2, 0) is 36.0 Å². The van der Waals surface area contributed by atoms with E-state index in [0.717, 1.165) is 80.3 Å². The van der Waals surface area contributed by atoms with Gasteiger partial charge in [0.2, 0.25) is 10.0 Å². The molecule has 0 saturated carbocycles. The Morgan fingerprint density at radius 2 is 2.18 bits per heavy atom. The summed E-state index contributed by atoms with van der Waals surface area (Å²) in [5.41, 5.74) is 5.73. The van der Waals surface area contributed by atoms with Gasteiger partial charge in [-0.25, -0.2) is 13.1 Å². The molecule has 0 spiro atoms. The number of rotatable bonds is 5. The minimum absolute atomic E-state index is 0.218. The Morgan fingerprint density at radius 3 is 3.03 bits per heavy atom. The van der Waals surface area contributed by atoms with Crippen LogP contribution in [0.15, 0.2) is 35.0 Å². The molecule has 11 heteroatoms. The summed E-state index contributed by atoms with van der Waals surface area (Å²) in [4.78, 5) is 5.36. The Balaban J connectivity index is 1.39. The molecule has 0 aliphatic carbocycles. The molecule has 6 rings (SSSR count). The molecular weight excluding hydrogens is 496 g/mol. The molecule has 2 aliphatic rings. The van der Waals surface area contributed by atoms with Crippen LogP contribution in [0, 0.1) is 0 Å². The number of sulfonamides is 1. The van der Waals surface area contributed by atoms with Crippen molar-refractivity contribution in [3.05, 3.63) is 62.9 Å². The van der Waals surface area contributed by atoms with Crippen molar-refractivity contribution in [3.63, 3.8) is 0 Å². The molecule has 2 aliphatic heterocycles. The van der Waals surface area contributed by atoms with Gasteiger partial charge in [-0.15, -0.1) is 11.3 Å². The molecule has 1 aromatic carbocycles. The first-order valence-electron chi connectivity index (χ1n) is 10.9. The molecule has 0 saturated heterocycles. The normalized spacial score (nSPS) is 17.5. The Hall–Kier alpha value is -2.50. The van der Waals surface area contributed by atoms with E-state index in [0.29, 0.717) is 11.4 Å². The zero-order chi connectivity index (χ0) is 23.4. The Kier molecular flexibility index (Phi) is 5.38. The van der Waals surface area contributed by atoms with Gasteiger partial charge in [-0.2, -0.15) is 0 Å². The van der Waals surface area contributed by atoms with Crippen LogP contribution >= 0.6 is 22.9 Å². The van der Waals surface area contributed by atoms with Gasteiger partial charge in [-0.1, -0.05) is 16.8 Å². The molecule has 0 bridgehead atoms. The molecule has 3 aromatic heterocycles. The van der Waals surface area contributed by atoms with E-state index in [1.54, 1.807) is 6.20 Å². The van der Waals surface area contributed by atoms with E-state index < -0.39 is 10.0 Å². The zero-order valence-electron chi connectivity index (χ0n) is 18.2. The lowest BCUT2D eigenvalue weighted by molar-refractivity contribution is 0.189. The predicted molar refractivity (Wildman–Crippen MR) is 131 cm³/mol. The number of benzene rings is 1. The summed E-state index contributed by atoms with van der Waals surface area (Å²) < 4.78 is 38.7. The van der Waals surface area contributed by atoms with Gasteiger partial charge in [0.05, 0.1) is 22.2 Å². The van der Waals surface area contributed by atoms with Crippen molar-refractivity contribution in [2.24, 2.45) is 0 Å². The second-order valence-electron chi connectivity index (χ2n) is 8.53. The fourth-order valence-electron chi connectivity index (χ4n) is 4.58. The smallest absolute Gasteiger partial charge is 0.209 e. The SMILES string of the molecule is CS(=O)(=O)NCc1cc2nccc(-c3cc(Cl)cc4c3OC(c3onc5c3CNCC5)C4)c2s1. The van der Waals surface area contributed by atoms with E-state index >= 15 is 0 Å². The molecule has 2 N–H and O–H groups in total. The maximum absolute atomic E-state index is 11.5. The maximum atomic E-state index is 11.5. The van der Waals surface area contributed by atoms with Crippen molar-refractivity contribution in [2.45, 2.75) is 32.0 Å². The molecule has 1 atom stereocenters. The Labute approximate surface area is 205 Å². The number of fused-ring (bicyclic) bond motifs is 3. The summed E-state index contributed by atoms with van der Waals surface area (Å²) in [6, 6.07) is 7.69. The third kappa shape index (κ3) is 3.99. The van der Waals surface area contributed by atoms with Gasteiger partial charge in [0, 0.05) is 70.8 Å². The van der Waals surface area contributed by atoms with Crippen molar-refractivity contribution in [3.8, 4) is 16.9 Å². The summed E-state index contributed by atoms with van der Waals surface area (Å²) >= 11 is 8.04. The maximum Gasteiger partial charge on any atom is 0.209 e. The highest BCUT2D eigenvalue weighted by Crippen LogP contribution is 2.48. The number of hydrogen-bond donors (Lipinski definition) is 2. The average molecular weight is 517 g/mol. The van der Waals surface area contributed by atoms with Gasteiger partial charge < -0.3 is 14.6 Å². The Morgan fingerprint density at radius 1 is 1.29 bits per heavy atom. The van der Waals surface area contributed by atoms with Crippen molar-refractivity contribution in [1.82, 2.24) is 20.2 Å². The molecular formula is C23H21ClN4O4S2. The summed E-state index contributed by atoms with van der Waals surface area (Å²) in [6.07, 6.45) is 4.12. The van der Waals surface area contributed by atoms with Gasteiger partial charge >= 0.3 is 0 Å². The van der Waals surface area contributed by atoms with E-state index in [4.69, 9.17) is 20.9 Å². The lowest BCUT2D eigenvalue weighted by Crippen LogP contribution is -2.24. The molecule has 176 valence electrons. The van der Waals surface area contributed by atoms with Crippen LogP contribution in [0.1, 0.15) is 33.6 Å². The summed E-state index contributed by atoms with van der Waals surface area (Å²) in [6.45, 7) is 1.84. The van der Waals surface area contributed by atoms with Crippen molar-refractivity contribution >= 4 is 43.2 Å². The molecule has 0 fully saturated rings. The van der Waals surface area contributed by atoms with E-state index in [2.05, 4.69) is 20.2 Å². The van der Waals surface area contributed by atoms with Crippen LogP contribution < -0.4 is 14.8 Å². The minimum Gasteiger partial charge on any atom is -0.481 e.